The lowest BCUT2D eigenvalue weighted by atomic mass is 10.2. The number of aliphatic imine (C=N–C) groups is 1. The average Bonchev–Trinajstić information content (AvgIpc) is 3.36. The number of nitrogens with one attached hydrogen (secondary N) is 2. The molecular weight excluding hydrogens is 278 g/mol. The van der Waals surface area contributed by atoms with Crippen LogP contribution in [0.4, 0.5) is 0 Å². The maximum absolute atomic E-state index is 5.62. The lowest BCUT2D eigenvalue weighted by molar-refractivity contribution is 0.129. The lowest BCUT2D eigenvalue weighted by Gasteiger charge is -2.12. The van der Waals surface area contributed by atoms with E-state index in [1.807, 2.05) is 24.3 Å². The molecule has 2 rings (SSSR count). The number of hydrogen-bond acceptors (Lipinski definition) is 3. The third kappa shape index (κ3) is 5.93. The van der Waals surface area contributed by atoms with Gasteiger partial charge in [0.25, 0.3) is 0 Å². The zero-order valence-corrected chi connectivity index (χ0v) is 13.6. The van der Waals surface area contributed by atoms with Crippen molar-refractivity contribution < 1.29 is 9.47 Å². The summed E-state index contributed by atoms with van der Waals surface area (Å²) < 4.78 is 11.0. The number of nitrogens with zero attached hydrogens (tertiary/aromatic N) is 1. The van der Waals surface area contributed by atoms with Crippen molar-refractivity contribution in [1.29, 1.82) is 0 Å². The predicted octanol–water partition coefficient (Wildman–Crippen LogP) is 2.18. The van der Waals surface area contributed by atoms with E-state index < -0.39 is 0 Å². The first kappa shape index (κ1) is 16.6. The summed E-state index contributed by atoms with van der Waals surface area (Å²) in [5.74, 6) is 2.49. The SMILES string of the molecule is CCNC(=NCc1ccccc1OC)NCCOCC1CC1. The number of rotatable bonds is 9. The van der Waals surface area contributed by atoms with Gasteiger partial charge in [0.15, 0.2) is 5.96 Å². The van der Waals surface area contributed by atoms with Crippen LogP contribution in [0.3, 0.4) is 0 Å². The molecule has 0 radical (unpaired) electrons. The Morgan fingerprint density at radius 2 is 2.09 bits per heavy atom. The summed E-state index contributed by atoms with van der Waals surface area (Å²) >= 11 is 0. The molecule has 0 spiro atoms. The molecule has 1 fully saturated rings. The van der Waals surface area contributed by atoms with Crippen LogP contribution in [-0.4, -0.2) is 39.4 Å². The Morgan fingerprint density at radius 3 is 2.82 bits per heavy atom. The molecule has 0 aromatic heterocycles. The van der Waals surface area contributed by atoms with Crippen molar-refractivity contribution >= 4 is 5.96 Å². The van der Waals surface area contributed by atoms with E-state index in [-0.39, 0.29) is 0 Å². The zero-order chi connectivity index (χ0) is 15.6. The second-order valence-corrected chi connectivity index (χ2v) is 5.45. The van der Waals surface area contributed by atoms with Gasteiger partial charge in [-0.2, -0.15) is 0 Å². The van der Waals surface area contributed by atoms with Gasteiger partial charge in [0.05, 0.1) is 20.3 Å². The van der Waals surface area contributed by atoms with Crippen molar-refractivity contribution in [3.8, 4) is 5.75 Å². The summed E-state index contributed by atoms with van der Waals surface area (Å²) in [6, 6.07) is 7.95. The van der Waals surface area contributed by atoms with E-state index in [0.717, 1.165) is 49.5 Å². The molecule has 1 aromatic carbocycles. The Balaban J connectivity index is 1.77. The molecule has 0 saturated heterocycles. The number of methoxy groups -OCH3 is 1. The number of ether oxygens (including phenoxy) is 2. The summed E-state index contributed by atoms with van der Waals surface area (Å²) in [6.45, 7) is 5.86. The van der Waals surface area contributed by atoms with Crippen LogP contribution in [0.5, 0.6) is 5.75 Å². The van der Waals surface area contributed by atoms with Gasteiger partial charge in [0.2, 0.25) is 0 Å². The summed E-state index contributed by atoms with van der Waals surface area (Å²) in [5.41, 5.74) is 1.08. The van der Waals surface area contributed by atoms with Crippen molar-refractivity contribution in [3.63, 3.8) is 0 Å². The minimum absolute atomic E-state index is 0.586. The highest BCUT2D eigenvalue weighted by Gasteiger charge is 2.20. The first-order valence-corrected chi connectivity index (χ1v) is 8.05. The summed E-state index contributed by atoms with van der Waals surface area (Å²) in [5, 5.41) is 6.54. The van der Waals surface area contributed by atoms with E-state index in [9.17, 15) is 0 Å². The number of para-hydroxylation sites is 1. The summed E-state index contributed by atoms with van der Waals surface area (Å²) in [7, 11) is 1.68. The van der Waals surface area contributed by atoms with Crippen molar-refractivity contribution in [2.24, 2.45) is 10.9 Å². The Morgan fingerprint density at radius 1 is 1.27 bits per heavy atom. The molecule has 1 saturated carbocycles. The van der Waals surface area contributed by atoms with Crippen LogP contribution >= 0.6 is 0 Å². The van der Waals surface area contributed by atoms with Gasteiger partial charge in [-0.25, -0.2) is 4.99 Å². The van der Waals surface area contributed by atoms with Crippen molar-refractivity contribution in [1.82, 2.24) is 10.6 Å². The lowest BCUT2D eigenvalue weighted by Crippen LogP contribution is -2.39. The Labute approximate surface area is 133 Å². The Hall–Kier alpha value is -1.75. The van der Waals surface area contributed by atoms with E-state index in [2.05, 4.69) is 22.5 Å². The smallest absolute Gasteiger partial charge is 0.191 e. The maximum atomic E-state index is 5.62. The standard InChI is InChI=1S/C17H27N3O2/c1-3-18-17(19-10-11-22-13-14-8-9-14)20-12-15-6-4-5-7-16(15)21-2/h4-7,14H,3,8-13H2,1-2H3,(H2,18,19,20). The van der Waals surface area contributed by atoms with Crippen LogP contribution in [-0.2, 0) is 11.3 Å². The second-order valence-electron chi connectivity index (χ2n) is 5.45. The number of guanidine groups is 1. The third-order valence-corrected chi connectivity index (χ3v) is 3.53. The molecule has 1 aromatic rings. The van der Waals surface area contributed by atoms with Gasteiger partial charge in [0.1, 0.15) is 5.75 Å². The third-order valence-electron chi connectivity index (χ3n) is 3.53. The zero-order valence-electron chi connectivity index (χ0n) is 13.6. The van der Waals surface area contributed by atoms with Crippen LogP contribution < -0.4 is 15.4 Å². The summed E-state index contributed by atoms with van der Waals surface area (Å²) in [4.78, 5) is 4.60. The molecule has 0 aliphatic heterocycles. The van der Waals surface area contributed by atoms with Gasteiger partial charge in [-0.1, -0.05) is 18.2 Å². The molecule has 0 unspecified atom stereocenters. The van der Waals surface area contributed by atoms with Crippen molar-refractivity contribution in [2.75, 3.05) is 33.4 Å². The van der Waals surface area contributed by atoms with Gasteiger partial charge >= 0.3 is 0 Å². The molecule has 0 atom stereocenters. The van der Waals surface area contributed by atoms with Crippen molar-refractivity contribution in [3.05, 3.63) is 29.8 Å². The minimum Gasteiger partial charge on any atom is -0.496 e. The first-order chi connectivity index (χ1) is 10.8. The molecule has 5 nitrogen and oxygen atoms in total. The predicted molar refractivity (Wildman–Crippen MR) is 89.4 cm³/mol. The fourth-order valence-electron chi connectivity index (χ4n) is 2.12. The molecule has 0 heterocycles. The largest absolute Gasteiger partial charge is 0.496 e. The van der Waals surface area contributed by atoms with Crippen LogP contribution in [0.1, 0.15) is 25.3 Å². The molecule has 122 valence electrons. The van der Waals surface area contributed by atoms with Crippen LogP contribution in [0.2, 0.25) is 0 Å². The first-order valence-electron chi connectivity index (χ1n) is 8.05. The maximum Gasteiger partial charge on any atom is 0.191 e. The van der Waals surface area contributed by atoms with E-state index in [4.69, 9.17) is 9.47 Å². The van der Waals surface area contributed by atoms with Gasteiger partial charge in [-0.15, -0.1) is 0 Å². The highest BCUT2D eigenvalue weighted by atomic mass is 16.5. The average molecular weight is 305 g/mol. The topological polar surface area (TPSA) is 54.9 Å². The van der Waals surface area contributed by atoms with E-state index >= 15 is 0 Å². The molecule has 2 N–H and O–H groups in total. The number of hydrogen-bond donors (Lipinski definition) is 2. The fourth-order valence-corrected chi connectivity index (χ4v) is 2.12. The minimum atomic E-state index is 0.586. The molecule has 1 aliphatic carbocycles. The molecule has 0 bridgehead atoms. The monoisotopic (exact) mass is 305 g/mol. The molecule has 0 amide bonds. The molecule has 22 heavy (non-hydrogen) atoms. The van der Waals surface area contributed by atoms with Gasteiger partial charge in [-0.3, -0.25) is 0 Å². The quantitative estimate of drug-likeness (QED) is 0.417. The normalized spacial score (nSPS) is 14.7. The summed E-state index contributed by atoms with van der Waals surface area (Å²) in [6.07, 6.45) is 2.66. The molecule has 1 aliphatic rings. The van der Waals surface area contributed by atoms with Crippen molar-refractivity contribution in [2.45, 2.75) is 26.3 Å². The Bertz CT molecular complexity index is 473. The van der Waals surface area contributed by atoms with Gasteiger partial charge < -0.3 is 20.1 Å². The highest BCUT2D eigenvalue weighted by Crippen LogP contribution is 2.28. The fraction of sp³-hybridized carbons (Fsp3) is 0.588. The van der Waals surface area contributed by atoms with Crippen LogP contribution in [0, 0.1) is 5.92 Å². The Kier molecular flexibility index (Phi) is 7.03. The van der Waals surface area contributed by atoms with Gasteiger partial charge in [-0.05, 0) is 31.7 Å². The number of benzene rings is 1. The van der Waals surface area contributed by atoms with E-state index in [1.165, 1.54) is 12.8 Å². The van der Waals surface area contributed by atoms with Gasteiger partial charge in [0, 0.05) is 25.3 Å². The molecular formula is C17H27N3O2. The second kappa shape index (κ2) is 9.30. The van der Waals surface area contributed by atoms with E-state index in [0.29, 0.717) is 6.54 Å². The van der Waals surface area contributed by atoms with Crippen LogP contribution in [0.15, 0.2) is 29.3 Å². The highest BCUT2D eigenvalue weighted by molar-refractivity contribution is 5.79. The van der Waals surface area contributed by atoms with Crippen LogP contribution in [0.25, 0.3) is 0 Å². The molecule has 5 heteroatoms. The van der Waals surface area contributed by atoms with E-state index in [1.54, 1.807) is 7.11 Å².